The van der Waals surface area contributed by atoms with Crippen LogP contribution >= 0.6 is 0 Å². The molecule has 1 aromatic heterocycles. The lowest BCUT2D eigenvalue weighted by Gasteiger charge is -2.15. The molecule has 0 saturated carbocycles. The fourth-order valence-electron chi connectivity index (χ4n) is 3.82. The molecule has 1 aliphatic rings. The van der Waals surface area contributed by atoms with Crippen LogP contribution in [-0.2, 0) is 12.8 Å². The number of para-hydroxylation sites is 1. The van der Waals surface area contributed by atoms with E-state index in [4.69, 9.17) is 4.74 Å². The van der Waals surface area contributed by atoms with Crippen molar-refractivity contribution in [1.29, 1.82) is 0 Å². The van der Waals surface area contributed by atoms with Crippen molar-refractivity contribution in [1.82, 2.24) is 4.57 Å². The number of nitrogens with zero attached hydrogens (tertiary/aromatic N) is 2. The van der Waals surface area contributed by atoms with Gasteiger partial charge in [0.25, 0.3) is 5.91 Å². The number of rotatable bonds is 3. The van der Waals surface area contributed by atoms with Gasteiger partial charge in [0.05, 0.1) is 17.5 Å². The molecule has 0 bridgehead atoms. The van der Waals surface area contributed by atoms with Crippen molar-refractivity contribution in [3.8, 4) is 5.75 Å². The lowest BCUT2D eigenvalue weighted by Crippen LogP contribution is -2.17. The number of benzene rings is 2. The van der Waals surface area contributed by atoms with Crippen LogP contribution in [0.2, 0.25) is 0 Å². The average Bonchev–Trinajstić information content (AvgIpc) is 3.01. The quantitative estimate of drug-likeness (QED) is 0.526. The van der Waals surface area contributed by atoms with Crippen LogP contribution in [0.1, 0.15) is 34.5 Å². The van der Waals surface area contributed by atoms with Crippen molar-refractivity contribution >= 4 is 22.5 Å². The zero-order valence-corrected chi connectivity index (χ0v) is 14.4. The molecular weight excluding hydrogens is 332 g/mol. The molecule has 1 aliphatic carbocycles. The Morgan fingerprint density at radius 1 is 1.15 bits per heavy atom. The highest BCUT2D eigenvalue weighted by Crippen LogP contribution is 2.34. The molecule has 0 atom stereocenters. The number of carbonyl (C=O) groups is 1. The standard InChI is InChI=1S/C20H18N2O4/c1-26-19-11-10-13(12-18(19)22(24)25)20(23)21-16-8-4-2-6-14(16)15-7-3-5-9-17(15)21/h2,4,6,8,10-12H,3,5,7,9H2,1H3. The number of methoxy groups -OCH3 is 1. The zero-order valence-electron chi connectivity index (χ0n) is 14.4. The number of hydrogen-bond donors (Lipinski definition) is 0. The number of aromatic nitrogens is 1. The minimum absolute atomic E-state index is 0.144. The molecule has 6 heteroatoms. The van der Waals surface area contributed by atoms with Crippen LogP contribution in [0.3, 0.4) is 0 Å². The second kappa shape index (κ2) is 6.29. The van der Waals surface area contributed by atoms with Gasteiger partial charge in [-0.05, 0) is 49.4 Å². The minimum atomic E-state index is -0.529. The highest BCUT2D eigenvalue weighted by molar-refractivity contribution is 6.04. The number of carbonyl (C=O) groups excluding carboxylic acids is 1. The van der Waals surface area contributed by atoms with E-state index in [0.29, 0.717) is 0 Å². The van der Waals surface area contributed by atoms with Crippen LogP contribution in [0.15, 0.2) is 42.5 Å². The smallest absolute Gasteiger partial charge is 0.311 e. The first-order chi connectivity index (χ1) is 12.6. The summed E-state index contributed by atoms with van der Waals surface area (Å²) >= 11 is 0. The lowest BCUT2D eigenvalue weighted by atomic mass is 9.95. The third-order valence-corrected chi connectivity index (χ3v) is 5.00. The summed E-state index contributed by atoms with van der Waals surface area (Å²) in [5.41, 5.74) is 3.20. The van der Waals surface area contributed by atoms with Gasteiger partial charge in [0, 0.05) is 22.7 Å². The molecule has 0 fully saturated rings. The Morgan fingerprint density at radius 2 is 1.92 bits per heavy atom. The molecular formula is C20H18N2O4. The maximum Gasteiger partial charge on any atom is 0.311 e. The third-order valence-electron chi connectivity index (χ3n) is 5.00. The third kappa shape index (κ3) is 2.45. The van der Waals surface area contributed by atoms with Crippen molar-refractivity contribution in [3.63, 3.8) is 0 Å². The van der Waals surface area contributed by atoms with Crippen LogP contribution in [0.25, 0.3) is 10.9 Å². The van der Waals surface area contributed by atoms with Crippen molar-refractivity contribution in [2.24, 2.45) is 0 Å². The Hall–Kier alpha value is -3.15. The van der Waals surface area contributed by atoms with Crippen molar-refractivity contribution in [2.45, 2.75) is 25.7 Å². The predicted molar refractivity (Wildman–Crippen MR) is 98.0 cm³/mol. The van der Waals surface area contributed by atoms with E-state index in [-0.39, 0.29) is 22.9 Å². The van der Waals surface area contributed by atoms with Gasteiger partial charge in [-0.3, -0.25) is 19.5 Å². The monoisotopic (exact) mass is 350 g/mol. The largest absolute Gasteiger partial charge is 0.490 e. The first kappa shape index (κ1) is 16.3. The second-order valence-electron chi connectivity index (χ2n) is 6.43. The van der Waals surface area contributed by atoms with Crippen molar-refractivity contribution in [2.75, 3.05) is 7.11 Å². The van der Waals surface area contributed by atoms with Gasteiger partial charge in [0.15, 0.2) is 5.75 Å². The summed E-state index contributed by atoms with van der Waals surface area (Å²) in [5.74, 6) is -0.0963. The van der Waals surface area contributed by atoms with Crippen LogP contribution in [0, 0.1) is 10.1 Å². The molecule has 0 unspecified atom stereocenters. The molecule has 0 spiro atoms. The van der Waals surface area contributed by atoms with Crippen molar-refractivity contribution in [3.05, 3.63) is 69.4 Å². The molecule has 0 aliphatic heterocycles. The first-order valence-electron chi connectivity index (χ1n) is 8.60. The zero-order chi connectivity index (χ0) is 18.3. The Kier molecular flexibility index (Phi) is 3.95. The normalized spacial score (nSPS) is 13.4. The Balaban J connectivity index is 1.90. The van der Waals surface area contributed by atoms with E-state index in [0.717, 1.165) is 42.3 Å². The summed E-state index contributed by atoms with van der Waals surface area (Å²) < 4.78 is 6.76. The second-order valence-corrected chi connectivity index (χ2v) is 6.43. The summed E-state index contributed by atoms with van der Waals surface area (Å²) in [6.07, 6.45) is 3.95. The SMILES string of the molecule is COc1ccc(C(=O)n2c3c(c4ccccc42)CCCC3)cc1[N+](=O)[O-]. The van der Waals surface area contributed by atoms with Crippen molar-refractivity contribution < 1.29 is 14.5 Å². The van der Waals surface area contributed by atoms with Gasteiger partial charge in [-0.1, -0.05) is 18.2 Å². The summed E-state index contributed by atoms with van der Waals surface area (Å²) in [7, 11) is 1.37. The van der Waals surface area contributed by atoms with E-state index < -0.39 is 4.92 Å². The molecule has 6 nitrogen and oxygen atoms in total. The highest BCUT2D eigenvalue weighted by Gasteiger charge is 2.25. The Morgan fingerprint density at radius 3 is 2.69 bits per heavy atom. The highest BCUT2D eigenvalue weighted by atomic mass is 16.6. The maximum atomic E-state index is 13.3. The van der Waals surface area contributed by atoms with E-state index in [9.17, 15) is 14.9 Å². The summed E-state index contributed by atoms with van der Waals surface area (Å²) in [4.78, 5) is 24.0. The Labute approximate surface area is 150 Å². The van der Waals surface area contributed by atoms with Crippen LogP contribution in [-0.4, -0.2) is 22.5 Å². The lowest BCUT2D eigenvalue weighted by molar-refractivity contribution is -0.385. The summed E-state index contributed by atoms with van der Waals surface area (Å²) in [6, 6.07) is 12.2. The predicted octanol–water partition coefficient (Wildman–Crippen LogP) is 4.13. The fourth-order valence-corrected chi connectivity index (χ4v) is 3.82. The molecule has 0 amide bonds. The van der Waals surface area contributed by atoms with Gasteiger partial charge in [0.1, 0.15) is 0 Å². The summed E-state index contributed by atoms with van der Waals surface area (Å²) in [6.45, 7) is 0. The van der Waals surface area contributed by atoms with Gasteiger partial charge < -0.3 is 4.74 Å². The molecule has 2 aromatic carbocycles. The van der Waals surface area contributed by atoms with E-state index in [1.807, 2.05) is 24.3 Å². The molecule has 3 aromatic rings. The molecule has 1 heterocycles. The number of aryl methyl sites for hydroxylation is 1. The number of ether oxygens (including phenoxy) is 1. The topological polar surface area (TPSA) is 74.4 Å². The number of fused-ring (bicyclic) bond motifs is 3. The van der Waals surface area contributed by atoms with Gasteiger partial charge in [-0.2, -0.15) is 0 Å². The number of hydrogen-bond acceptors (Lipinski definition) is 4. The van der Waals surface area contributed by atoms with Crippen LogP contribution in [0.5, 0.6) is 5.75 Å². The van der Waals surface area contributed by atoms with Gasteiger partial charge >= 0.3 is 5.69 Å². The minimum Gasteiger partial charge on any atom is -0.490 e. The van der Waals surface area contributed by atoms with Gasteiger partial charge in [-0.25, -0.2) is 0 Å². The number of nitro benzene ring substituents is 1. The van der Waals surface area contributed by atoms with E-state index in [2.05, 4.69) is 0 Å². The molecule has 4 rings (SSSR count). The van der Waals surface area contributed by atoms with E-state index in [1.54, 1.807) is 10.6 Å². The molecule has 132 valence electrons. The van der Waals surface area contributed by atoms with Crippen LogP contribution < -0.4 is 4.74 Å². The van der Waals surface area contributed by atoms with E-state index in [1.165, 1.54) is 24.8 Å². The van der Waals surface area contributed by atoms with Gasteiger partial charge in [0.2, 0.25) is 0 Å². The van der Waals surface area contributed by atoms with Gasteiger partial charge in [-0.15, -0.1) is 0 Å². The Bertz CT molecular complexity index is 1040. The molecule has 0 N–H and O–H groups in total. The number of nitro groups is 1. The molecule has 26 heavy (non-hydrogen) atoms. The molecule has 0 saturated heterocycles. The first-order valence-corrected chi connectivity index (χ1v) is 8.60. The van der Waals surface area contributed by atoms with Crippen LogP contribution in [0.4, 0.5) is 5.69 Å². The molecule has 0 radical (unpaired) electrons. The maximum absolute atomic E-state index is 13.3. The fraction of sp³-hybridized carbons (Fsp3) is 0.250. The van der Waals surface area contributed by atoms with E-state index >= 15 is 0 Å². The average molecular weight is 350 g/mol. The summed E-state index contributed by atoms with van der Waals surface area (Å²) in [5, 5.41) is 12.4.